The standard InChI is InChI=1S/C15H22O4.C14H20O4.C12H16O2.C11H14O2/c1-4-15(2,3)14(17)19-11-12(16)10-18-13-8-6-5-7-9-13;1-3-11(2)14(16)18-10-12(15)9-17-13-7-5-4-6-8-13;1-4-12(2,3)11(13)14-10-8-6-5-7-9-10;1-3-9(2)11(12)13-10-7-5-4-6-8-10/h5-9,12,16H,4,10-11H2,1-3H3;4-8,11-12,15H,3,9-10H2,1-2H3;5-9H,4H2,1-3H3;4-9H,3H2,1-2H3. The van der Waals surface area contributed by atoms with Gasteiger partial charge >= 0.3 is 23.9 Å². The number of aliphatic hydroxyl groups excluding tert-OH is 2. The predicted molar refractivity (Wildman–Crippen MR) is 249 cm³/mol. The molecule has 352 valence electrons. The number of ether oxygens (including phenoxy) is 6. The van der Waals surface area contributed by atoms with Crippen LogP contribution in [0.2, 0.25) is 0 Å². The molecule has 0 radical (unpaired) electrons. The second-order valence-corrected chi connectivity index (χ2v) is 16.3. The van der Waals surface area contributed by atoms with E-state index < -0.39 is 23.0 Å². The highest BCUT2D eigenvalue weighted by Gasteiger charge is 2.28. The number of carbonyl (C=O) groups is 4. The van der Waals surface area contributed by atoms with Crippen LogP contribution in [0.1, 0.15) is 94.9 Å². The molecule has 0 aliphatic heterocycles. The van der Waals surface area contributed by atoms with Gasteiger partial charge in [-0.3, -0.25) is 19.2 Å². The van der Waals surface area contributed by atoms with Crippen LogP contribution in [-0.4, -0.2) is 72.7 Å². The average molecular weight is 889 g/mol. The summed E-state index contributed by atoms with van der Waals surface area (Å²) >= 11 is 0. The van der Waals surface area contributed by atoms with Crippen molar-refractivity contribution in [3.63, 3.8) is 0 Å². The van der Waals surface area contributed by atoms with Crippen LogP contribution in [0, 0.1) is 22.7 Å². The SMILES string of the molecule is CCC(C)(C)C(=O)OCC(O)COc1ccccc1.CCC(C)(C)C(=O)Oc1ccccc1.CCC(C)C(=O)OCC(O)COc1ccccc1.CCC(C)C(=O)Oc1ccccc1. The van der Waals surface area contributed by atoms with E-state index in [9.17, 15) is 29.4 Å². The average Bonchev–Trinajstić information content (AvgIpc) is 3.32. The highest BCUT2D eigenvalue weighted by molar-refractivity contribution is 5.78. The maximum absolute atomic E-state index is 11.7. The molecule has 4 atom stereocenters. The Morgan fingerprint density at radius 1 is 0.453 bits per heavy atom. The van der Waals surface area contributed by atoms with Crippen LogP contribution in [-0.2, 0) is 28.7 Å². The number of benzene rings is 4. The van der Waals surface area contributed by atoms with E-state index in [1.165, 1.54) is 0 Å². The van der Waals surface area contributed by atoms with Gasteiger partial charge in [0.2, 0.25) is 0 Å². The van der Waals surface area contributed by atoms with Crippen molar-refractivity contribution in [2.75, 3.05) is 26.4 Å². The zero-order valence-corrected chi connectivity index (χ0v) is 39.5. The van der Waals surface area contributed by atoms with Gasteiger partial charge in [-0.25, -0.2) is 0 Å². The number of carbonyl (C=O) groups excluding carboxylic acids is 4. The fraction of sp³-hybridized carbons (Fsp3) is 0.462. The van der Waals surface area contributed by atoms with E-state index in [0.29, 0.717) is 29.4 Å². The van der Waals surface area contributed by atoms with E-state index in [-0.39, 0.29) is 62.1 Å². The van der Waals surface area contributed by atoms with Gasteiger partial charge in [0.05, 0.1) is 22.7 Å². The Labute approximate surface area is 381 Å². The Morgan fingerprint density at radius 3 is 1.16 bits per heavy atom. The molecular weight excluding hydrogens is 817 g/mol. The number of hydrogen-bond acceptors (Lipinski definition) is 12. The van der Waals surface area contributed by atoms with Crippen LogP contribution in [0.5, 0.6) is 23.0 Å². The van der Waals surface area contributed by atoms with Gasteiger partial charge in [0, 0.05) is 0 Å². The number of hydrogen-bond donors (Lipinski definition) is 2. The van der Waals surface area contributed by atoms with E-state index in [4.69, 9.17) is 28.4 Å². The molecule has 4 aromatic rings. The Morgan fingerprint density at radius 2 is 0.781 bits per heavy atom. The summed E-state index contributed by atoms with van der Waals surface area (Å²) in [5.74, 6) is 1.52. The van der Waals surface area contributed by atoms with Crippen molar-refractivity contribution in [2.45, 2.75) is 107 Å². The predicted octanol–water partition coefficient (Wildman–Crippen LogP) is 10.1. The molecule has 0 spiro atoms. The molecule has 0 saturated carbocycles. The fourth-order valence-electron chi connectivity index (χ4n) is 4.26. The maximum atomic E-state index is 11.7. The minimum absolute atomic E-state index is 0.0276. The molecule has 0 bridgehead atoms. The third-order valence-corrected chi connectivity index (χ3v) is 10.0. The fourth-order valence-corrected chi connectivity index (χ4v) is 4.26. The lowest BCUT2D eigenvalue weighted by molar-refractivity contribution is -0.157. The van der Waals surface area contributed by atoms with Crippen LogP contribution in [0.3, 0.4) is 0 Å². The summed E-state index contributed by atoms with van der Waals surface area (Å²) < 4.78 is 31.1. The molecule has 2 N–H and O–H groups in total. The molecule has 0 fully saturated rings. The van der Waals surface area contributed by atoms with Crippen molar-refractivity contribution < 1.29 is 57.8 Å². The summed E-state index contributed by atoms with van der Waals surface area (Å²) in [6.45, 7) is 19.0. The van der Waals surface area contributed by atoms with E-state index in [0.717, 1.165) is 19.3 Å². The van der Waals surface area contributed by atoms with Crippen molar-refractivity contribution >= 4 is 23.9 Å². The first-order valence-electron chi connectivity index (χ1n) is 22.0. The third kappa shape index (κ3) is 24.2. The number of rotatable bonds is 20. The highest BCUT2D eigenvalue weighted by Crippen LogP contribution is 2.24. The first kappa shape index (κ1) is 56.3. The number of esters is 4. The maximum Gasteiger partial charge on any atom is 0.316 e. The molecule has 12 heteroatoms. The van der Waals surface area contributed by atoms with Gasteiger partial charge in [-0.2, -0.15) is 0 Å². The molecule has 0 amide bonds. The number of para-hydroxylation sites is 4. The second-order valence-electron chi connectivity index (χ2n) is 16.3. The van der Waals surface area contributed by atoms with Crippen LogP contribution in [0.4, 0.5) is 0 Å². The molecule has 4 rings (SSSR count). The summed E-state index contributed by atoms with van der Waals surface area (Å²) in [7, 11) is 0. The summed E-state index contributed by atoms with van der Waals surface area (Å²) in [5.41, 5.74) is -0.921. The van der Waals surface area contributed by atoms with Crippen molar-refractivity contribution in [2.24, 2.45) is 22.7 Å². The van der Waals surface area contributed by atoms with Crippen molar-refractivity contribution in [1.82, 2.24) is 0 Å². The van der Waals surface area contributed by atoms with Crippen LogP contribution < -0.4 is 18.9 Å². The zero-order valence-electron chi connectivity index (χ0n) is 39.5. The zero-order chi connectivity index (χ0) is 48.0. The van der Waals surface area contributed by atoms with Gasteiger partial charge in [-0.05, 0) is 102 Å². The first-order chi connectivity index (χ1) is 30.4. The van der Waals surface area contributed by atoms with Gasteiger partial charge in [-0.1, -0.05) is 114 Å². The normalized spacial score (nSPS) is 12.6. The van der Waals surface area contributed by atoms with Gasteiger partial charge in [-0.15, -0.1) is 0 Å². The Kier molecular flexibility index (Phi) is 27.4. The molecule has 0 aliphatic rings. The molecule has 64 heavy (non-hydrogen) atoms. The summed E-state index contributed by atoms with van der Waals surface area (Å²) in [4.78, 5) is 46.0. The molecule has 0 aromatic heterocycles. The number of aliphatic hydroxyl groups is 2. The van der Waals surface area contributed by atoms with Gasteiger partial charge < -0.3 is 38.6 Å². The topological polar surface area (TPSA) is 164 Å². The molecule has 4 aromatic carbocycles. The smallest absolute Gasteiger partial charge is 0.316 e. The monoisotopic (exact) mass is 889 g/mol. The molecule has 0 heterocycles. The lowest BCUT2D eigenvalue weighted by atomic mass is 9.91. The van der Waals surface area contributed by atoms with Crippen molar-refractivity contribution in [3.05, 3.63) is 121 Å². The van der Waals surface area contributed by atoms with Crippen LogP contribution in [0.25, 0.3) is 0 Å². The lowest BCUT2D eigenvalue weighted by Gasteiger charge is -2.21. The molecule has 12 nitrogen and oxygen atoms in total. The van der Waals surface area contributed by atoms with Gasteiger partial charge in [0.1, 0.15) is 61.6 Å². The first-order valence-corrected chi connectivity index (χ1v) is 22.0. The molecule has 4 unspecified atom stereocenters. The summed E-state index contributed by atoms with van der Waals surface area (Å²) in [5, 5.41) is 19.3. The minimum Gasteiger partial charge on any atom is -0.491 e. The third-order valence-electron chi connectivity index (χ3n) is 10.0. The summed E-state index contributed by atoms with van der Waals surface area (Å²) in [6.07, 6.45) is 1.39. The Hall–Kier alpha value is -5.72. The Bertz CT molecular complexity index is 1850. The van der Waals surface area contributed by atoms with E-state index in [1.54, 1.807) is 55.5 Å². The van der Waals surface area contributed by atoms with Gasteiger partial charge in [0.15, 0.2) is 0 Å². The van der Waals surface area contributed by atoms with E-state index in [1.807, 2.05) is 135 Å². The Balaban J connectivity index is 0.000000431. The molecular formula is C52H72O12. The van der Waals surface area contributed by atoms with Crippen molar-refractivity contribution in [3.8, 4) is 23.0 Å². The van der Waals surface area contributed by atoms with Gasteiger partial charge in [0.25, 0.3) is 0 Å². The second kappa shape index (κ2) is 31.2. The molecule has 0 aliphatic carbocycles. The summed E-state index contributed by atoms with van der Waals surface area (Å²) in [6, 6.07) is 36.7. The largest absolute Gasteiger partial charge is 0.491 e. The minimum atomic E-state index is -0.822. The quantitative estimate of drug-likeness (QED) is 0.0639. The lowest BCUT2D eigenvalue weighted by Crippen LogP contribution is -2.31. The van der Waals surface area contributed by atoms with Crippen LogP contribution in [0.15, 0.2) is 121 Å². The van der Waals surface area contributed by atoms with Crippen molar-refractivity contribution in [1.29, 1.82) is 0 Å². The van der Waals surface area contributed by atoms with E-state index >= 15 is 0 Å². The van der Waals surface area contributed by atoms with E-state index in [2.05, 4.69) is 0 Å². The highest BCUT2D eigenvalue weighted by atomic mass is 16.6. The molecule has 0 saturated heterocycles. The van der Waals surface area contributed by atoms with Crippen LogP contribution >= 0.6 is 0 Å².